The standard InChI is InChI=1S/C10H12INO/c11-8-1-2-9-7(5-8)3-4-12-10(9)6-13/h1-2,5,10,12-13H,3-4,6H2. The maximum absolute atomic E-state index is 9.14. The first-order valence-electron chi connectivity index (χ1n) is 4.44. The van der Waals surface area contributed by atoms with Crippen molar-refractivity contribution < 1.29 is 5.11 Å². The Bertz CT molecular complexity index is 314. The number of aliphatic hydroxyl groups is 1. The smallest absolute Gasteiger partial charge is 0.0626 e. The molecular formula is C10H12INO. The molecule has 0 bridgehead atoms. The average molecular weight is 289 g/mol. The van der Waals surface area contributed by atoms with E-state index in [-0.39, 0.29) is 12.6 Å². The SMILES string of the molecule is OCC1NCCc2cc(I)ccc21. The molecule has 0 fully saturated rings. The monoisotopic (exact) mass is 289 g/mol. The Balaban J connectivity index is 2.40. The third-order valence-corrected chi connectivity index (χ3v) is 3.12. The number of hydrogen-bond acceptors (Lipinski definition) is 2. The number of nitrogens with one attached hydrogen (secondary N) is 1. The third kappa shape index (κ3) is 1.87. The number of halogens is 1. The van der Waals surface area contributed by atoms with Crippen LogP contribution in [-0.2, 0) is 6.42 Å². The molecule has 0 saturated carbocycles. The minimum Gasteiger partial charge on any atom is -0.394 e. The fourth-order valence-electron chi connectivity index (χ4n) is 1.78. The van der Waals surface area contributed by atoms with Crippen LogP contribution in [0.3, 0.4) is 0 Å². The number of rotatable bonds is 1. The summed E-state index contributed by atoms with van der Waals surface area (Å²) in [5.74, 6) is 0. The number of aliphatic hydroxyl groups excluding tert-OH is 1. The van der Waals surface area contributed by atoms with Gasteiger partial charge in [-0.1, -0.05) is 6.07 Å². The molecule has 0 radical (unpaired) electrons. The van der Waals surface area contributed by atoms with Crippen molar-refractivity contribution in [3.8, 4) is 0 Å². The molecule has 0 amide bonds. The number of benzene rings is 1. The molecule has 2 rings (SSSR count). The maximum atomic E-state index is 9.14. The Kier molecular flexibility index (Phi) is 2.86. The summed E-state index contributed by atoms with van der Waals surface area (Å²) in [6, 6.07) is 6.55. The van der Waals surface area contributed by atoms with Crippen LogP contribution in [0.5, 0.6) is 0 Å². The lowest BCUT2D eigenvalue weighted by molar-refractivity contribution is 0.240. The summed E-state index contributed by atoms with van der Waals surface area (Å²) in [4.78, 5) is 0. The molecule has 1 unspecified atom stereocenters. The molecule has 0 saturated heterocycles. The fourth-order valence-corrected chi connectivity index (χ4v) is 2.34. The molecule has 2 nitrogen and oxygen atoms in total. The predicted octanol–water partition coefficient (Wildman–Crippen LogP) is 1.47. The van der Waals surface area contributed by atoms with Crippen LogP contribution in [-0.4, -0.2) is 18.3 Å². The van der Waals surface area contributed by atoms with Crippen molar-refractivity contribution in [1.82, 2.24) is 5.32 Å². The zero-order valence-electron chi connectivity index (χ0n) is 7.26. The summed E-state index contributed by atoms with van der Waals surface area (Å²) in [7, 11) is 0. The Morgan fingerprint density at radius 3 is 3.15 bits per heavy atom. The summed E-state index contributed by atoms with van der Waals surface area (Å²) >= 11 is 2.32. The summed E-state index contributed by atoms with van der Waals surface area (Å²) in [6.07, 6.45) is 1.07. The van der Waals surface area contributed by atoms with E-state index in [1.807, 2.05) is 0 Å². The molecule has 2 N–H and O–H groups in total. The van der Waals surface area contributed by atoms with E-state index in [2.05, 4.69) is 46.1 Å². The molecule has 1 heterocycles. The van der Waals surface area contributed by atoms with Crippen molar-refractivity contribution in [2.45, 2.75) is 12.5 Å². The van der Waals surface area contributed by atoms with Crippen LogP contribution < -0.4 is 5.32 Å². The average Bonchev–Trinajstić information content (AvgIpc) is 2.16. The minimum absolute atomic E-state index is 0.140. The van der Waals surface area contributed by atoms with Gasteiger partial charge in [0.05, 0.1) is 12.6 Å². The van der Waals surface area contributed by atoms with Gasteiger partial charge in [0.1, 0.15) is 0 Å². The van der Waals surface area contributed by atoms with Crippen LogP contribution in [0, 0.1) is 3.57 Å². The highest BCUT2D eigenvalue weighted by Crippen LogP contribution is 2.23. The van der Waals surface area contributed by atoms with E-state index in [4.69, 9.17) is 5.11 Å². The van der Waals surface area contributed by atoms with Gasteiger partial charge in [0.15, 0.2) is 0 Å². The summed E-state index contributed by atoms with van der Waals surface area (Å²) in [5.41, 5.74) is 2.64. The van der Waals surface area contributed by atoms with Crippen LogP contribution >= 0.6 is 22.6 Å². The highest BCUT2D eigenvalue weighted by Gasteiger charge is 2.18. The van der Waals surface area contributed by atoms with Crippen LogP contribution in [0.15, 0.2) is 18.2 Å². The summed E-state index contributed by atoms with van der Waals surface area (Å²) in [6.45, 7) is 1.16. The second kappa shape index (κ2) is 3.94. The van der Waals surface area contributed by atoms with Gasteiger partial charge in [0.25, 0.3) is 0 Å². The van der Waals surface area contributed by atoms with Crippen molar-refractivity contribution in [3.63, 3.8) is 0 Å². The van der Waals surface area contributed by atoms with Gasteiger partial charge in [-0.15, -0.1) is 0 Å². The second-order valence-electron chi connectivity index (χ2n) is 3.28. The molecule has 0 aliphatic carbocycles. The van der Waals surface area contributed by atoms with E-state index in [0.29, 0.717) is 0 Å². The highest BCUT2D eigenvalue weighted by atomic mass is 127. The van der Waals surface area contributed by atoms with Gasteiger partial charge in [-0.05, 0) is 58.8 Å². The summed E-state index contributed by atoms with van der Waals surface area (Å²) in [5, 5.41) is 12.4. The van der Waals surface area contributed by atoms with Crippen molar-refractivity contribution in [3.05, 3.63) is 32.9 Å². The first-order valence-corrected chi connectivity index (χ1v) is 5.51. The number of hydrogen-bond donors (Lipinski definition) is 2. The van der Waals surface area contributed by atoms with E-state index in [1.54, 1.807) is 0 Å². The normalized spacial score (nSPS) is 21.2. The van der Waals surface area contributed by atoms with E-state index in [9.17, 15) is 0 Å². The van der Waals surface area contributed by atoms with Gasteiger partial charge < -0.3 is 10.4 Å². The molecule has 1 aliphatic rings. The molecule has 70 valence electrons. The number of fused-ring (bicyclic) bond motifs is 1. The third-order valence-electron chi connectivity index (χ3n) is 2.45. The quantitative estimate of drug-likeness (QED) is 0.767. The first-order chi connectivity index (χ1) is 6.31. The Morgan fingerprint density at radius 1 is 1.54 bits per heavy atom. The Morgan fingerprint density at radius 2 is 2.38 bits per heavy atom. The lowest BCUT2D eigenvalue weighted by atomic mass is 9.95. The van der Waals surface area contributed by atoms with Gasteiger partial charge in [0, 0.05) is 3.57 Å². The van der Waals surface area contributed by atoms with Crippen molar-refractivity contribution in [2.75, 3.05) is 13.2 Å². The van der Waals surface area contributed by atoms with Crippen molar-refractivity contribution in [1.29, 1.82) is 0 Å². The summed E-state index contributed by atoms with van der Waals surface area (Å²) < 4.78 is 1.27. The van der Waals surface area contributed by atoms with Crippen molar-refractivity contribution in [2.24, 2.45) is 0 Å². The molecule has 1 aliphatic heterocycles. The molecule has 1 aromatic rings. The van der Waals surface area contributed by atoms with E-state index >= 15 is 0 Å². The maximum Gasteiger partial charge on any atom is 0.0626 e. The van der Waals surface area contributed by atoms with Gasteiger partial charge in [0.2, 0.25) is 0 Å². The highest BCUT2D eigenvalue weighted by molar-refractivity contribution is 14.1. The largest absolute Gasteiger partial charge is 0.394 e. The van der Waals surface area contributed by atoms with Gasteiger partial charge in [-0.25, -0.2) is 0 Å². The zero-order chi connectivity index (χ0) is 9.26. The van der Waals surface area contributed by atoms with Gasteiger partial charge >= 0.3 is 0 Å². The van der Waals surface area contributed by atoms with Gasteiger partial charge in [-0.2, -0.15) is 0 Å². The zero-order valence-corrected chi connectivity index (χ0v) is 9.41. The molecule has 0 aromatic heterocycles. The minimum atomic E-state index is 0.140. The molecule has 13 heavy (non-hydrogen) atoms. The Hall–Kier alpha value is -0.130. The second-order valence-corrected chi connectivity index (χ2v) is 4.53. The molecule has 3 heteroatoms. The van der Waals surface area contributed by atoms with Crippen molar-refractivity contribution >= 4 is 22.6 Å². The van der Waals surface area contributed by atoms with E-state index < -0.39 is 0 Å². The van der Waals surface area contributed by atoms with Crippen LogP contribution in [0.2, 0.25) is 0 Å². The predicted molar refractivity (Wildman–Crippen MR) is 60.7 cm³/mol. The van der Waals surface area contributed by atoms with E-state index in [1.165, 1.54) is 14.7 Å². The lowest BCUT2D eigenvalue weighted by Crippen LogP contribution is -2.32. The van der Waals surface area contributed by atoms with E-state index in [0.717, 1.165) is 13.0 Å². The van der Waals surface area contributed by atoms with Crippen LogP contribution in [0.25, 0.3) is 0 Å². The lowest BCUT2D eigenvalue weighted by Gasteiger charge is -2.25. The topological polar surface area (TPSA) is 32.3 Å². The molecule has 1 atom stereocenters. The molecule has 0 spiro atoms. The van der Waals surface area contributed by atoms with Crippen LogP contribution in [0.1, 0.15) is 17.2 Å². The molecule has 1 aromatic carbocycles. The Labute approximate surface area is 91.5 Å². The van der Waals surface area contributed by atoms with Gasteiger partial charge in [-0.3, -0.25) is 0 Å². The first kappa shape index (κ1) is 9.43. The van der Waals surface area contributed by atoms with Crippen LogP contribution in [0.4, 0.5) is 0 Å². The fraction of sp³-hybridized carbons (Fsp3) is 0.400. The molecular weight excluding hydrogens is 277 g/mol.